The van der Waals surface area contributed by atoms with Gasteiger partial charge in [-0.05, 0) is 12.8 Å². The van der Waals surface area contributed by atoms with E-state index in [9.17, 15) is 4.79 Å². The van der Waals surface area contributed by atoms with E-state index >= 15 is 0 Å². The summed E-state index contributed by atoms with van der Waals surface area (Å²) in [6.45, 7) is 8.27. The summed E-state index contributed by atoms with van der Waals surface area (Å²) in [4.78, 5) is 14.0. The lowest BCUT2D eigenvalue weighted by Crippen LogP contribution is -2.44. The van der Waals surface area contributed by atoms with Crippen LogP contribution in [0.4, 0.5) is 0 Å². The lowest BCUT2D eigenvalue weighted by molar-refractivity contribution is -0.132. The summed E-state index contributed by atoms with van der Waals surface area (Å²) in [5.41, 5.74) is 5.88. The summed E-state index contributed by atoms with van der Waals surface area (Å²) in [6.07, 6.45) is 2.83. The van der Waals surface area contributed by atoms with Crippen LogP contribution in [0.25, 0.3) is 0 Å². The number of rotatable bonds is 3. The van der Waals surface area contributed by atoms with Gasteiger partial charge in [-0.25, -0.2) is 0 Å². The predicted octanol–water partition coefficient (Wildman–Crippen LogP) is 1.86. The van der Waals surface area contributed by atoms with Gasteiger partial charge in [0.05, 0.1) is 6.04 Å². The van der Waals surface area contributed by atoms with Gasteiger partial charge in [-0.1, -0.05) is 27.2 Å². The Morgan fingerprint density at radius 1 is 1.50 bits per heavy atom. The number of nitrogens with two attached hydrogens (primary N) is 1. The van der Waals surface area contributed by atoms with Crippen LogP contribution in [-0.4, -0.2) is 40.4 Å². The Morgan fingerprint density at radius 3 is 2.81 bits per heavy atom. The van der Waals surface area contributed by atoms with Gasteiger partial charge in [0.2, 0.25) is 5.91 Å². The van der Waals surface area contributed by atoms with Crippen molar-refractivity contribution in [1.29, 1.82) is 0 Å². The van der Waals surface area contributed by atoms with E-state index in [0.717, 1.165) is 38.1 Å². The fourth-order valence-electron chi connectivity index (χ4n) is 1.91. The third-order valence-electron chi connectivity index (χ3n) is 3.07. The average molecular weight is 244 g/mol. The number of carbonyl (C=O) groups excluding carboxylic acids is 1. The molecular formula is C12H24N2OS. The zero-order chi connectivity index (χ0) is 12.2. The van der Waals surface area contributed by atoms with Crippen LogP contribution in [0, 0.1) is 0 Å². The molecule has 3 nitrogen and oxygen atoms in total. The van der Waals surface area contributed by atoms with Crippen LogP contribution in [0.1, 0.15) is 40.0 Å². The molecule has 0 aromatic rings. The van der Waals surface area contributed by atoms with Crippen molar-refractivity contribution in [2.24, 2.45) is 5.73 Å². The summed E-state index contributed by atoms with van der Waals surface area (Å²) < 4.78 is 0.296. The SMILES string of the molecule is CCC[C@H](N)C(=O)N1CCSC(C)(C)CC1. The summed E-state index contributed by atoms with van der Waals surface area (Å²) >= 11 is 1.95. The van der Waals surface area contributed by atoms with Crippen LogP contribution >= 0.6 is 11.8 Å². The molecule has 0 bridgehead atoms. The Bertz CT molecular complexity index is 243. The first-order valence-corrected chi connectivity index (χ1v) is 7.13. The highest BCUT2D eigenvalue weighted by Gasteiger charge is 2.27. The van der Waals surface area contributed by atoms with Crippen molar-refractivity contribution in [3.05, 3.63) is 0 Å². The molecule has 0 aliphatic carbocycles. The quantitative estimate of drug-likeness (QED) is 0.824. The highest BCUT2D eigenvalue weighted by molar-refractivity contribution is 8.00. The number of carbonyl (C=O) groups is 1. The number of hydrogen-bond donors (Lipinski definition) is 1. The summed E-state index contributed by atoms with van der Waals surface area (Å²) in [6, 6.07) is -0.295. The predicted molar refractivity (Wildman–Crippen MR) is 70.6 cm³/mol. The van der Waals surface area contributed by atoms with Crippen LogP contribution in [-0.2, 0) is 4.79 Å². The van der Waals surface area contributed by atoms with E-state index in [2.05, 4.69) is 20.8 Å². The molecule has 1 saturated heterocycles. The molecule has 1 amide bonds. The molecule has 0 unspecified atom stereocenters. The Balaban J connectivity index is 2.51. The molecule has 0 saturated carbocycles. The molecular weight excluding hydrogens is 220 g/mol. The number of thioether (sulfide) groups is 1. The topological polar surface area (TPSA) is 46.3 Å². The van der Waals surface area contributed by atoms with Crippen molar-refractivity contribution in [3.8, 4) is 0 Å². The lowest BCUT2D eigenvalue weighted by Gasteiger charge is -2.25. The molecule has 1 fully saturated rings. The molecule has 16 heavy (non-hydrogen) atoms. The monoisotopic (exact) mass is 244 g/mol. The molecule has 2 N–H and O–H groups in total. The molecule has 1 heterocycles. The molecule has 1 aliphatic heterocycles. The number of hydrogen-bond acceptors (Lipinski definition) is 3. The van der Waals surface area contributed by atoms with Crippen molar-refractivity contribution in [2.45, 2.75) is 50.8 Å². The van der Waals surface area contributed by atoms with Gasteiger partial charge in [-0.3, -0.25) is 4.79 Å². The molecule has 4 heteroatoms. The highest BCUT2D eigenvalue weighted by Crippen LogP contribution is 2.30. The van der Waals surface area contributed by atoms with Gasteiger partial charge in [0.15, 0.2) is 0 Å². The van der Waals surface area contributed by atoms with E-state index in [0.29, 0.717) is 4.75 Å². The number of amides is 1. The van der Waals surface area contributed by atoms with Crippen molar-refractivity contribution in [2.75, 3.05) is 18.8 Å². The van der Waals surface area contributed by atoms with E-state index in [1.54, 1.807) is 0 Å². The highest BCUT2D eigenvalue weighted by atomic mass is 32.2. The van der Waals surface area contributed by atoms with E-state index in [1.807, 2.05) is 16.7 Å². The fourth-order valence-corrected chi connectivity index (χ4v) is 3.01. The molecule has 0 aromatic heterocycles. The fraction of sp³-hybridized carbons (Fsp3) is 0.917. The van der Waals surface area contributed by atoms with E-state index in [1.165, 1.54) is 0 Å². The standard InChI is InChI=1S/C12H24N2OS/c1-4-5-10(13)11(15)14-7-6-12(2,3)16-9-8-14/h10H,4-9,13H2,1-3H3/t10-/m0/s1. The van der Waals surface area contributed by atoms with Crippen LogP contribution in [0.3, 0.4) is 0 Å². The average Bonchev–Trinajstić information content (AvgIpc) is 2.39. The first-order chi connectivity index (χ1) is 7.46. The maximum Gasteiger partial charge on any atom is 0.239 e. The van der Waals surface area contributed by atoms with Gasteiger partial charge < -0.3 is 10.6 Å². The lowest BCUT2D eigenvalue weighted by atomic mass is 10.1. The molecule has 1 rings (SSSR count). The van der Waals surface area contributed by atoms with Crippen molar-refractivity contribution < 1.29 is 4.79 Å². The second-order valence-electron chi connectivity index (χ2n) is 5.08. The normalized spacial score (nSPS) is 22.6. The molecule has 94 valence electrons. The van der Waals surface area contributed by atoms with Gasteiger partial charge in [-0.2, -0.15) is 11.8 Å². The smallest absolute Gasteiger partial charge is 0.239 e. The molecule has 0 aromatic carbocycles. The summed E-state index contributed by atoms with van der Waals surface area (Å²) in [7, 11) is 0. The molecule has 1 aliphatic rings. The second kappa shape index (κ2) is 5.92. The van der Waals surface area contributed by atoms with Gasteiger partial charge in [0, 0.05) is 23.6 Å². The van der Waals surface area contributed by atoms with Crippen LogP contribution < -0.4 is 5.73 Å². The third-order valence-corrected chi connectivity index (χ3v) is 4.44. The first-order valence-electron chi connectivity index (χ1n) is 6.14. The van der Waals surface area contributed by atoms with Gasteiger partial charge >= 0.3 is 0 Å². The minimum atomic E-state index is -0.295. The zero-order valence-electron chi connectivity index (χ0n) is 10.7. The largest absolute Gasteiger partial charge is 0.340 e. The zero-order valence-corrected chi connectivity index (χ0v) is 11.5. The Morgan fingerprint density at radius 2 is 2.19 bits per heavy atom. The first kappa shape index (κ1) is 13.8. The van der Waals surface area contributed by atoms with E-state index in [4.69, 9.17) is 5.73 Å². The van der Waals surface area contributed by atoms with E-state index < -0.39 is 0 Å². The third kappa shape index (κ3) is 3.98. The van der Waals surface area contributed by atoms with Crippen LogP contribution in [0.2, 0.25) is 0 Å². The van der Waals surface area contributed by atoms with Gasteiger partial charge in [-0.15, -0.1) is 0 Å². The molecule has 1 atom stereocenters. The van der Waals surface area contributed by atoms with Crippen molar-refractivity contribution in [3.63, 3.8) is 0 Å². The number of nitrogens with zero attached hydrogens (tertiary/aromatic N) is 1. The van der Waals surface area contributed by atoms with E-state index in [-0.39, 0.29) is 11.9 Å². The second-order valence-corrected chi connectivity index (χ2v) is 6.88. The van der Waals surface area contributed by atoms with Gasteiger partial charge in [0.1, 0.15) is 0 Å². The summed E-state index contributed by atoms with van der Waals surface area (Å²) in [5.74, 6) is 1.16. The Labute approximate surface area is 103 Å². The Hall–Kier alpha value is -0.220. The summed E-state index contributed by atoms with van der Waals surface area (Å²) in [5, 5.41) is 0. The van der Waals surface area contributed by atoms with Crippen LogP contribution in [0.5, 0.6) is 0 Å². The maximum atomic E-state index is 12.0. The van der Waals surface area contributed by atoms with Crippen molar-refractivity contribution >= 4 is 17.7 Å². The van der Waals surface area contributed by atoms with Crippen LogP contribution in [0.15, 0.2) is 0 Å². The molecule has 0 spiro atoms. The van der Waals surface area contributed by atoms with Gasteiger partial charge in [0.25, 0.3) is 0 Å². The molecule has 0 radical (unpaired) electrons. The Kier molecular flexibility index (Phi) is 5.12. The minimum absolute atomic E-state index is 0.139. The van der Waals surface area contributed by atoms with Crippen molar-refractivity contribution in [1.82, 2.24) is 4.90 Å². The maximum absolute atomic E-state index is 12.0. The minimum Gasteiger partial charge on any atom is -0.340 e.